The largest absolute Gasteiger partial charge is 0.420 e. The molecule has 0 aliphatic rings. The van der Waals surface area contributed by atoms with Gasteiger partial charge >= 0.3 is 0 Å². The van der Waals surface area contributed by atoms with Gasteiger partial charge in [-0.1, -0.05) is 58.8 Å². The Kier molecular flexibility index (Phi) is 9.52. The molecule has 0 saturated heterocycles. The van der Waals surface area contributed by atoms with Crippen molar-refractivity contribution in [1.29, 1.82) is 0 Å². The quantitative estimate of drug-likeness (QED) is 0.380. The molecule has 0 amide bonds. The minimum atomic E-state index is -1.29. The predicted octanol–water partition coefficient (Wildman–Crippen LogP) is 4.98. The van der Waals surface area contributed by atoms with Crippen molar-refractivity contribution in [2.75, 3.05) is 7.11 Å². The zero-order valence-corrected chi connectivity index (χ0v) is 12.3. The zero-order valence-electron chi connectivity index (χ0n) is 11.3. The molecule has 15 heavy (non-hydrogen) atoms. The van der Waals surface area contributed by atoms with Crippen LogP contribution in [0, 0.1) is 0 Å². The summed E-state index contributed by atoms with van der Waals surface area (Å²) in [5.74, 6) is 0. The van der Waals surface area contributed by atoms with Gasteiger partial charge in [0.25, 0.3) is 0 Å². The molecule has 1 atom stereocenters. The first-order valence-electron chi connectivity index (χ1n) is 6.73. The first-order chi connectivity index (χ1) is 7.18. The molecule has 0 saturated carbocycles. The lowest BCUT2D eigenvalue weighted by Gasteiger charge is -2.24. The van der Waals surface area contributed by atoms with Crippen molar-refractivity contribution in [1.82, 2.24) is 0 Å². The predicted molar refractivity (Wildman–Crippen MR) is 71.9 cm³/mol. The molecule has 92 valence electrons. The number of unbranched alkanes of at least 4 members (excludes halogenated alkanes) is 5. The van der Waals surface area contributed by atoms with E-state index in [0.717, 1.165) is 0 Å². The van der Waals surface area contributed by atoms with Crippen molar-refractivity contribution in [3.63, 3.8) is 0 Å². The van der Waals surface area contributed by atoms with Gasteiger partial charge in [0.15, 0.2) is 8.32 Å². The molecule has 1 nitrogen and oxygen atoms in total. The topological polar surface area (TPSA) is 9.23 Å². The third-order valence-corrected chi connectivity index (χ3v) is 7.29. The molecular formula is C13H30OSi. The fraction of sp³-hybridized carbons (Fsp3) is 1.00. The van der Waals surface area contributed by atoms with E-state index in [1.165, 1.54) is 57.0 Å². The summed E-state index contributed by atoms with van der Waals surface area (Å²) >= 11 is 0. The van der Waals surface area contributed by atoms with E-state index in [-0.39, 0.29) is 0 Å². The van der Waals surface area contributed by atoms with Gasteiger partial charge in [0.1, 0.15) is 0 Å². The van der Waals surface area contributed by atoms with Crippen LogP contribution >= 0.6 is 0 Å². The van der Waals surface area contributed by atoms with E-state index in [9.17, 15) is 0 Å². The maximum Gasteiger partial charge on any atom is 0.189 e. The van der Waals surface area contributed by atoms with Crippen molar-refractivity contribution >= 4 is 8.32 Å². The van der Waals surface area contributed by atoms with Gasteiger partial charge in [-0.2, -0.15) is 0 Å². The maximum atomic E-state index is 5.74. The van der Waals surface area contributed by atoms with Gasteiger partial charge < -0.3 is 4.43 Å². The Morgan fingerprint density at radius 2 is 1.40 bits per heavy atom. The molecule has 2 heteroatoms. The van der Waals surface area contributed by atoms with Crippen LogP contribution in [0.25, 0.3) is 0 Å². The summed E-state index contributed by atoms with van der Waals surface area (Å²) < 4.78 is 5.74. The van der Waals surface area contributed by atoms with Crippen LogP contribution in [-0.4, -0.2) is 15.4 Å². The summed E-state index contributed by atoms with van der Waals surface area (Å²) in [5.41, 5.74) is 0. The Hall–Kier alpha value is 0.177. The Bertz CT molecular complexity index is 138. The van der Waals surface area contributed by atoms with Gasteiger partial charge in [-0.25, -0.2) is 0 Å². The van der Waals surface area contributed by atoms with Crippen molar-refractivity contribution in [2.45, 2.75) is 77.4 Å². The van der Waals surface area contributed by atoms with E-state index in [4.69, 9.17) is 4.43 Å². The van der Waals surface area contributed by atoms with Crippen LogP contribution in [0.3, 0.4) is 0 Å². The minimum absolute atomic E-state index is 1.28. The Balaban J connectivity index is 3.46. The highest BCUT2D eigenvalue weighted by molar-refractivity contribution is 6.72. The van der Waals surface area contributed by atoms with E-state index < -0.39 is 8.32 Å². The third kappa shape index (κ3) is 8.03. The molecule has 0 rings (SSSR count). The molecule has 0 spiro atoms. The molecule has 0 aliphatic heterocycles. The second-order valence-corrected chi connectivity index (χ2v) is 9.23. The molecule has 0 heterocycles. The van der Waals surface area contributed by atoms with Gasteiger partial charge in [0.2, 0.25) is 0 Å². The fourth-order valence-electron chi connectivity index (χ4n) is 2.14. The Morgan fingerprint density at radius 1 is 0.800 bits per heavy atom. The van der Waals surface area contributed by atoms with E-state index >= 15 is 0 Å². The summed E-state index contributed by atoms with van der Waals surface area (Å²) in [6.45, 7) is 6.93. The summed E-state index contributed by atoms with van der Waals surface area (Å²) in [6.07, 6.45) is 9.69. The SMILES string of the molecule is CCCCCCCC[Si](C)(CCC)OC. The van der Waals surface area contributed by atoms with Gasteiger partial charge in [0, 0.05) is 7.11 Å². The van der Waals surface area contributed by atoms with E-state index in [1.54, 1.807) is 0 Å². The molecule has 0 aromatic carbocycles. The van der Waals surface area contributed by atoms with Crippen LogP contribution in [-0.2, 0) is 4.43 Å². The van der Waals surface area contributed by atoms with Gasteiger partial charge in [0.05, 0.1) is 0 Å². The van der Waals surface area contributed by atoms with E-state index in [0.29, 0.717) is 0 Å². The highest BCUT2D eigenvalue weighted by atomic mass is 28.4. The molecule has 0 fully saturated rings. The first kappa shape index (κ1) is 15.2. The number of hydrogen-bond donors (Lipinski definition) is 0. The Labute approximate surface area is 97.7 Å². The number of hydrogen-bond acceptors (Lipinski definition) is 1. The highest BCUT2D eigenvalue weighted by Gasteiger charge is 2.25. The second kappa shape index (κ2) is 9.41. The van der Waals surface area contributed by atoms with E-state index in [2.05, 4.69) is 20.4 Å². The summed E-state index contributed by atoms with van der Waals surface area (Å²) in [4.78, 5) is 0. The van der Waals surface area contributed by atoms with Crippen LogP contribution in [0.1, 0.15) is 58.8 Å². The van der Waals surface area contributed by atoms with Crippen molar-refractivity contribution < 1.29 is 4.43 Å². The van der Waals surface area contributed by atoms with Crippen molar-refractivity contribution in [2.24, 2.45) is 0 Å². The highest BCUT2D eigenvalue weighted by Crippen LogP contribution is 2.22. The van der Waals surface area contributed by atoms with Crippen LogP contribution in [0.5, 0.6) is 0 Å². The molecule has 1 unspecified atom stereocenters. The van der Waals surface area contributed by atoms with Crippen LogP contribution in [0.4, 0.5) is 0 Å². The lowest BCUT2D eigenvalue weighted by molar-refractivity contribution is 0.392. The van der Waals surface area contributed by atoms with Crippen molar-refractivity contribution in [3.8, 4) is 0 Å². The van der Waals surface area contributed by atoms with Crippen LogP contribution in [0.2, 0.25) is 18.6 Å². The maximum absolute atomic E-state index is 5.74. The Morgan fingerprint density at radius 3 is 1.93 bits per heavy atom. The van der Waals surface area contributed by atoms with Gasteiger partial charge in [-0.3, -0.25) is 0 Å². The minimum Gasteiger partial charge on any atom is -0.420 e. The third-order valence-electron chi connectivity index (χ3n) is 3.33. The summed E-state index contributed by atoms with van der Waals surface area (Å²) in [5, 5.41) is 0. The summed E-state index contributed by atoms with van der Waals surface area (Å²) in [6, 6.07) is 2.70. The fourth-order valence-corrected chi connectivity index (χ4v) is 4.85. The average Bonchev–Trinajstić information content (AvgIpc) is 2.24. The summed E-state index contributed by atoms with van der Waals surface area (Å²) in [7, 11) is 0.624. The van der Waals surface area contributed by atoms with Gasteiger partial charge in [-0.05, 0) is 18.6 Å². The first-order valence-corrected chi connectivity index (χ1v) is 9.56. The van der Waals surface area contributed by atoms with Crippen LogP contribution < -0.4 is 0 Å². The monoisotopic (exact) mass is 230 g/mol. The molecule has 0 N–H and O–H groups in total. The normalized spacial score (nSPS) is 15.2. The van der Waals surface area contributed by atoms with Crippen molar-refractivity contribution in [3.05, 3.63) is 0 Å². The van der Waals surface area contributed by atoms with E-state index in [1.807, 2.05) is 7.11 Å². The lowest BCUT2D eigenvalue weighted by Crippen LogP contribution is -2.32. The molecule has 0 aliphatic carbocycles. The standard InChI is InChI=1S/C13H30OSi/c1-5-7-8-9-10-11-13-15(4,14-3)12-6-2/h5-13H2,1-4H3. The zero-order chi connectivity index (χ0) is 11.6. The molecule has 0 aromatic heterocycles. The molecule has 0 bridgehead atoms. The second-order valence-electron chi connectivity index (χ2n) is 4.92. The molecule has 0 radical (unpaired) electrons. The van der Waals surface area contributed by atoms with Crippen LogP contribution in [0.15, 0.2) is 0 Å². The molecule has 0 aromatic rings. The lowest BCUT2D eigenvalue weighted by atomic mass is 10.1. The molecular weight excluding hydrogens is 200 g/mol. The smallest absolute Gasteiger partial charge is 0.189 e. The van der Waals surface area contributed by atoms with Gasteiger partial charge in [-0.15, -0.1) is 0 Å². The average molecular weight is 230 g/mol. The number of rotatable bonds is 10.